The number of halogens is 4. The number of carbonyl (C=O) groups is 1. The maximum absolute atomic E-state index is 13.8. The van der Waals surface area contributed by atoms with Gasteiger partial charge < -0.3 is 30.3 Å². The summed E-state index contributed by atoms with van der Waals surface area (Å²) in [5.41, 5.74) is 6.00. The van der Waals surface area contributed by atoms with Crippen molar-refractivity contribution >= 4 is 5.91 Å². The van der Waals surface area contributed by atoms with Crippen molar-refractivity contribution < 1.29 is 36.2 Å². The number of hydrogen-bond donors (Lipinski definition) is 3. The first kappa shape index (κ1) is 31.3. The van der Waals surface area contributed by atoms with Gasteiger partial charge in [-0.25, -0.2) is 13.8 Å². The zero-order valence-corrected chi connectivity index (χ0v) is 23.4. The summed E-state index contributed by atoms with van der Waals surface area (Å²) in [6.45, 7) is -1.80. The highest BCUT2D eigenvalue weighted by Gasteiger charge is 2.25. The van der Waals surface area contributed by atoms with Gasteiger partial charge in [0.15, 0.2) is 23.0 Å². The number of alkyl halides is 2. The molecule has 0 saturated heterocycles. The predicted molar refractivity (Wildman–Crippen MR) is 148 cm³/mol. The van der Waals surface area contributed by atoms with E-state index < -0.39 is 24.2 Å². The van der Waals surface area contributed by atoms with Crippen LogP contribution in [0.25, 0.3) is 11.5 Å². The molecule has 0 bridgehead atoms. The standard InChI is InChI=1S/C23H21F4N3O4.C7H15N/c24-15-5-3-14(16(25)8-15)10-29-21(31)20-19(9-28)33-22(30-20)13-4-6-17(34-23(26)27)18(7-13)32-11-12-1-2-12;1-8-6-7-4-2-3-5-7/h3-8,12,23H,1-2,9-11,28H2,(H,29,31);7-8H,2-6H2,1H3. The van der Waals surface area contributed by atoms with E-state index in [1.54, 1.807) is 0 Å². The minimum atomic E-state index is -3.03. The van der Waals surface area contributed by atoms with Crippen LogP contribution in [0.1, 0.15) is 60.3 Å². The van der Waals surface area contributed by atoms with Crippen molar-refractivity contribution in [3.05, 3.63) is 65.1 Å². The molecule has 0 aliphatic heterocycles. The molecule has 1 amide bonds. The monoisotopic (exact) mass is 592 g/mol. The average Bonchev–Trinajstić information content (AvgIpc) is 3.45. The van der Waals surface area contributed by atoms with Gasteiger partial charge in [0.2, 0.25) is 5.89 Å². The molecule has 0 radical (unpaired) electrons. The molecule has 42 heavy (non-hydrogen) atoms. The normalized spacial score (nSPS) is 14.9. The van der Waals surface area contributed by atoms with Crippen molar-refractivity contribution in [1.29, 1.82) is 0 Å². The number of nitrogens with two attached hydrogens (primary N) is 1. The summed E-state index contributed by atoms with van der Waals surface area (Å²) in [5, 5.41) is 5.70. The number of nitrogens with one attached hydrogen (secondary N) is 2. The number of carbonyl (C=O) groups excluding carboxylic acids is 1. The van der Waals surface area contributed by atoms with E-state index in [9.17, 15) is 22.4 Å². The van der Waals surface area contributed by atoms with Crippen LogP contribution in [-0.2, 0) is 13.1 Å². The van der Waals surface area contributed by atoms with Crippen LogP contribution in [0.3, 0.4) is 0 Å². The van der Waals surface area contributed by atoms with Gasteiger partial charge in [0.1, 0.15) is 11.6 Å². The van der Waals surface area contributed by atoms with E-state index in [-0.39, 0.29) is 47.5 Å². The Bertz CT molecular complexity index is 1330. The number of oxazole rings is 1. The van der Waals surface area contributed by atoms with E-state index in [1.165, 1.54) is 56.5 Å². The van der Waals surface area contributed by atoms with E-state index in [4.69, 9.17) is 14.9 Å². The molecular formula is C30H36F4N4O4. The molecule has 1 heterocycles. The Hall–Kier alpha value is -3.64. The third-order valence-corrected chi connectivity index (χ3v) is 7.10. The molecule has 4 N–H and O–H groups in total. The van der Waals surface area contributed by atoms with E-state index in [0.29, 0.717) is 24.2 Å². The first-order valence-corrected chi connectivity index (χ1v) is 14.1. The van der Waals surface area contributed by atoms with E-state index >= 15 is 0 Å². The second-order valence-electron chi connectivity index (χ2n) is 10.4. The van der Waals surface area contributed by atoms with Crippen LogP contribution in [0.15, 0.2) is 40.8 Å². The Morgan fingerprint density at radius 2 is 1.83 bits per heavy atom. The van der Waals surface area contributed by atoms with Crippen LogP contribution >= 0.6 is 0 Å². The second kappa shape index (κ2) is 15.0. The molecule has 0 atom stereocenters. The molecule has 228 valence electrons. The van der Waals surface area contributed by atoms with Crippen molar-refractivity contribution in [1.82, 2.24) is 15.6 Å². The Morgan fingerprint density at radius 3 is 2.48 bits per heavy atom. The Kier molecular flexibility index (Phi) is 11.2. The molecule has 2 aliphatic rings. The lowest BCUT2D eigenvalue weighted by molar-refractivity contribution is -0.0515. The maximum atomic E-state index is 13.8. The molecule has 2 fully saturated rings. The predicted octanol–water partition coefficient (Wildman–Crippen LogP) is 5.79. The number of benzene rings is 2. The van der Waals surface area contributed by atoms with Crippen LogP contribution in [0, 0.1) is 23.5 Å². The van der Waals surface area contributed by atoms with Gasteiger partial charge in [-0.1, -0.05) is 18.9 Å². The van der Waals surface area contributed by atoms with Crippen LogP contribution in [0.4, 0.5) is 17.6 Å². The number of hydrogen-bond acceptors (Lipinski definition) is 7. The van der Waals surface area contributed by atoms with Gasteiger partial charge in [-0.15, -0.1) is 0 Å². The van der Waals surface area contributed by atoms with Gasteiger partial charge in [0.05, 0.1) is 13.2 Å². The topological polar surface area (TPSA) is 112 Å². The summed E-state index contributed by atoms with van der Waals surface area (Å²) in [6, 6.07) is 7.17. The average molecular weight is 593 g/mol. The fourth-order valence-corrected chi connectivity index (χ4v) is 4.66. The SMILES string of the molecule is CNCC1CCCC1.NCc1oc(-c2ccc(OC(F)F)c(OCC3CC3)c2)nc1C(=O)NCc1ccc(F)cc1F. The number of amides is 1. The third kappa shape index (κ3) is 8.93. The molecule has 5 rings (SSSR count). The molecule has 2 saturated carbocycles. The van der Waals surface area contributed by atoms with Gasteiger partial charge in [0.25, 0.3) is 5.91 Å². The molecule has 2 aromatic carbocycles. The summed E-state index contributed by atoms with van der Waals surface area (Å²) >= 11 is 0. The van der Waals surface area contributed by atoms with Crippen LogP contribution in [-0.4, -0.2) is 37.7 Å². The summed E-state index contributed by atoms with van der Waals surface area (Å²) in [7, 11) is 2.04. The van der Waals surface area contributed by atoms with Gasteiger partial charge in [-0.05, 0) is 75.4 Å². The fourth-order valence-electron chi connectivity index (χ4n) is 4.66. The maximum Gasteiger partial charge on any atom is 0.387 e. The van der Waals surface area contributed by atoms with Gasteiger partial charge >= 0.3 is 6.61 Å². The quantitative estimate of drug-likeness (QED) is 0.228. The minimum Gasteiger partial charge on any atom is -0.489 e. The lowest BCUT2D eigenvalue weighted by atomic mass is 10.1. The van der Waals surface area contributed by atoms with E-state index in [1.807, 2.05) is 7.05 Å². The number of nitrogens with zero attached hydrogens (tertiary/aromatic N) is 1. The fraction of sp³-hybridized carbons (Fsp3) is 0.467. The van der Waals surface area contributed by atoms with Crippen LogP contribution in [0.2, 0.25) is 0 Å². The highest BCUT2D eigenvalue weighted by molar-refractivity contribution is 5.93. The highest BCUT2D eigenvalue weighted by atomic mass is 19.3. The van der Waals surface area contributed by atoms with Crippen molar-refractivity contribution in [2.45, 2.75) is 58.2 Å². The lowest BCUT2D eigenvalue weighted by Crippen LogP contribution is -2.25. The minimum absolute atomic E-state index is 0.0124. The second-order valence-corrected chi connectivity index (χ2v) is 10.4. The van der Waals surface area contributed by atoms with Crippen LogP contribution < -0.4 is 25.8 Å². The first-order chi connectivity index (χ1) is 20.3. The van der Waals surface area contributed by atoms with Gasteiger partial charge in [-0.3, -0.25) is 4.79 Å². The first-order valence-electron chi connectivity index (χ1n) is 14.1. The smallest absolute Gasteiger partial charge is 0.387 e. The van der Waals surface area contributed by atoms with Crippen molar-refractivity contribution in [2.75, 3.05) is 20.2 Å². The van der Waals surface area contributed by atoms with Gasteiger partial charge in [-0.2, -0.15) is 8.78 Å². The molecular weight excluding hydrogens is 556 g/mol. The third-order valence-electron chi connectivity index (χ3n) is 7.10. The van der Waals surface area contributed by atoms with E-state index in [2.05, 4.69) is 20.4 Å². The molecule has 0 spiro atoms. The molecule has 3 aromatic rings. The van der Waals surface area contributed by atoms with Gasteiger partial charge in [0, 0.05) is 23.7 Å². The van der Waals surface area contributed by atoms with Crippen molar-refractivity contribution in [3.8, 4) is 23.0 Å². The summed E-state index contributed by atoms with van der Waals surface area (Å²) in [4.78, 5) is 16.8. The Labute approximate surface area is 242 Å². The van der Waals surface area contributed by atoms with E-state index in [0.717, 1.165) is 24.8 Å². The molecule has 1 aromatic heterocycles. The molecule has 2 aliphatic carbocycles. The zero-order valence-electron chi connectivity index (χ0n) is 23.4. The summed E-state index contributed by atoms with van der Waals surface area (Å²) in [6.07, 6.45) is 7.86. The number of rotatable bonds is 12. The summed E-state index contributed by atoms with van der Waals surface area (Å²) < 4.78 is 68.2. The molecule has 12 heteroatoms. The number of aromatic nitrogens is 1. The van der Waals surface area contributed by atoms with Crippen molar-refractivity contribution in [2.24, 2.45) is 17.6 Å². The Morgan fingerprint density at radius 1 is 1.07 bits per heavy atom. The molecule has 8 nitrogen and oxygen atoms in total. The highest BCUT2D eigenvalue weighted by Crippen LogP contribution is 2.36. The van der Waals surface area contributed by atoms with Crippen LogP contribution in [0.5, 0.6) is 11.5 Å². The summed E-state index contributed by atoms with van der Waals surface area (Å²) in [5.74, 6) is -0.801. The largest absolute Gasteiger partial charge is 0.489 e. The number of ether oxygens (including phenoxy) is 2. The Balaban J connectivity index is 0.000000437. The lowest BCUT2D eigenvalue weighted by Gasteiger charge is -2.12. The zero-order chi connectivity index (χ0) is 30.1. The van der Waals surface area contributed by atoms with Crippen molar-refractivity contribution in [3.63, 3.8) is 0 Å². The molecule has 0 unspecified atom stereocenters.